The van der Waals surface area contributed by atoms with Crippen LogP contribution in [0.4, 0.5) is 30.5 Å². The maximum Gasteiger partial charge on any atom is 0.420 e. The van der Waals surface area contributed by atoms with Crippen molar-refractivity contribution in [3.8, 4) is 10.6 Å². The molecule has 7 rings (SSSR count). The number of benzene rings is 1. The molecule has 3 fully saturated rings. The normalized spacial score (nSPS) is 19.9. The number of alkyl halides is 3. The molecule has 7 nitrogen and oxygen atoms in total. The molecule has 0 radical (unpaired) electrons. The van der Waals surface area contributed by atoms with E-state index < -0.39 is 11.7 Å². The average molecular weight is 587 g/mol. The van der Waals surface area contributed by atoms with Gasteiger partial charge in [-0.1, -0.05) is 0 Å². The standard InChI is InChI=1S/C28H29F3N6OS2/c29-28(30,31)20-15-33-27(34-21-6-5-18(13-19(21)16-1-2-16)36-9-7-32-8-10-36)35-24(20)22-14-23-25(40-22)26(38)37(11-12-39-23)17-3-4-17/h5-6,13-17,32H,1-4,7-12H2,(H,33,34,35). The summed E-state index contributed by atoms with van der Waals surface area (Å²) in [4.78, 5) is 27.5. The summed E-state index contributed by atoms with van der Waals surface area (Å²) in [5, 5.41) is 6.60. The van der Waals surface area contributed by atoms with E-state index in [1.54, 1.807) is 6.07 Å². The van der Waals surface area contributed by atoms with Crippen LogP contribution >= 0.6 is 23.1 Å². The van der Waals surface area contributed by atoms with Gasteiger partial charge < -0.3 is 20.4 Å². The molecule has 1 saturated heterocycles. The first-order valence-corrected chi connectivity index (χ1v) is 15.5. The molecule has 2 aromatic heterocycles. The molecule has 4 heterocycles. The van der Waals surface area contributed by atoms with Gasteiger partial charge in [0.25, 0.3) is 5.91 Å². The number of nitrogens with zero attached hydrogens (tertiary/aromatic N) is 4. The van der Waals surface area contributed by atoms with Crippen molar-refractivity contribution in [2.75, 3.05) is 48.7 Å². The quantitative estimate of drug-likeness (QED) is 0.369. The lowest BCUT2D eigenvalue weighted by molar-refractivity contribution is -0.137. The SMILES string of the molecule is O=C1c2sc(-c3nc(Nc4ccc(N5CCNCC5)cc4C4CC4)ncc3C(F)(F)F)cc2SCCN1C1CC1. The summed E-state index contributed by atoms with van der Waals surface area (Å²) < 4.78 is 42.3. The Bertz CT molecular complexity index is 1450. The largest absolute Gasteiger partial charge is 0.420 e. The highest BCUT2D eigenvalue weighted by Crippen LogP contribution is 2.47. The number of carbonyl (C=O) groups is 1. The second kappa shape index (κ2) is 10.2. The van der Waals surface area contributed by atoms with Crippen LogP contribution in [0, 0.1) is 0 Å². The smallest absolute Gasteiger partial charge is 0.369 e. The number of thiophene rings is 1. The second-order valence-corrected chi connectivity index (χ2v) is 12.9. The Morgan fingerprint density at radius 2 is 1.85 bits per heavy atom. The van der Waals surface area contributed by atoms with Crippen LogP contribution in [-0.2, 0) is 6.18 Å². The summed E-state index contributed by atoms with van der Waals surface area (Å²) >= 11 is 2.62. The molecular formula is C28H29F3N6OS2. The third-order valence-corrected chi connectivity index (χ3v) is 10.1. The van der Waals surface area contributed by atoms with Crippen molar-refractivity contribution in [2.24, 2.45) is 0 Å². The van der Waals surface area contributed by atoms with E-state index in [0.717, 1.165) is 97.0 Å². The number of rotatable bonds is 6. The molecule has 2 saturated carbocycles. The van der Waals surface area contributed by atoms with Crippen LogP contribution in [0.3, 0.4) is 0 Å². The third-order valence-electron chi connectivity index (χ3n) is 7.84. The van der Waals surface area contributed by atoms with E-state index in [0.29, 0.717) is 22.2 Å². The Balaban J connectivity index is 1.23. The second-order valence-electron chi connectivity index (χ2n) is 10.7. The number of thioether (sulfide) groups is 1. The molecule has 0 bridgehead atoms. The number of amides is 1. The number of hydrogen-bond donors (Lipinski definition) is 2. The summed E-state index contributed by atoms with van der Waals surface area (Å²) in [6, 6.07) is 8.18. The predicted octanol–water partition coefficient (Wildman–Crippen LogP) is 5.96. The molecule has 12 heteroatoms. The van der Waals surface area contributed by atoms with E-state index in [1.807, 2.05) is 11.0 Å². The lowest BCUT2D eigenvalue weighted by Gasteiger charge is -2.30. The van der Waals surface area contributed by atoms with Crippen LogP contribution in [0.2, 0.25) is 0 Å². The number of hydrogen-bond acceptors (Lipinski definition) is 8. The van der Waals surface area contributed by atoms with Gasteiger partial charge in [-0.05, 0) is 61.4 Å². The maximum atomic E-state index is 14.1. The van der Waals surface area contributed by atoms with Crippen LogP contribution in [0.5, 0.6) is 0 Å². The number of piperazine rings is 1. The highest BCUT2D eigenvalue weighted by molar-refractivity contribution is 7.99. The molecule has 0 spiro atoms. The van der Waals surface area contributed by atoms with Gasteiger partial charge in [-0.2, -0.15) is 13.2 Å². The van der Waals surface area contributed by atoms with Gasteiger partial charge >= 0.3 is 6.18 Å². The number of fused-ring (bicyclic) bond motifs is 1. The van der Waals surface area contributed by atoms with Crippen molar-refractivity contribution in [1.29, 1.82) is 0 Å². The fourth-order valence-electron chi connectivity index (χ4n) is 5.44. The number of aromatic nitrogens is 2. The third kappa shape index (κ3) is 5.16. The van der Waals surface area contributed by atoms with E-state index in [1.165, 1.54) is 11.8 Å². The number of carbonyl (C=O) groups excluding carboxylic acids is 1. The summed E-state index contributed by atoms with van der Waals surface area (Å²) in [6.45, 7) is 4.42. The number of halogens is 3. The molecule has 210 valence electrons. The fourth-order valence-corrected chi connectivity index (χ4v) is 7.76. The van der Waals surface area contributed by atoms with Crippen LogP contribution in [0.1, 0.15) is 52.4 Å². The van der Waals surface area contributed by atoms with E-state index >= 15 is 0 Å². The van der Waals surface area contributed by atoms with Crippen LogP contribution in [0.15, 0.2) is 35.4 Å². The van der Waals surface area contributed by atoms with Gasteiger partial charge in [0.05, 0.1) is 10.6 Å². The molecule has 1 amide bonds. The molecule has 0 unspecified atom stereocenters. The average Bonchev–Trinajstić information content (AvgIpc) is 3.88. The molecule has 40 heavy (non-hydrogen) atoms. The zero-order valence-electron chi connectivity index (χ0n) is 21.8. The summed E-state index contributed by atoms with van der Waals surface area (Å²) in [5.41, 5.74) is 2.03. The van der Waals surface area contributed by atoms with Gasteiger partial charge in [0.2, 0.25) is 5.95 Å². The first-order valence-electron chi connectivity index (χ1n) is 13.7. The first-order chi connectivity index (χ1) is 19.3. The highest BCUT2D eigenvalue weighted by atomic mass is 32.2. The zero-order valence-corrected chi connectivity index (χ0v) is 23.4. The maximum absolute atomic E-state index is 14.1. The summed E-state index contributed by atoms with van der Waals surface area (Å²) in [6.07, 6.45) is 0.375. The first kappa shape index (κ1) is 26.1. The molecule has 2 N–H and O–H groups in total. The van der Waals surface area contributed by atoms with E-state index in [9.17, 15) is 18.0 Å². The topological polar surface area (TPSA) is 73.4 Å². The lowest BCUT2D eigenvalue weighted by Crippen LogP contribution is -2.43. The fraction of sp³-hybridized carbons (Fsp3) is 0.464. The Morgan fingerprint density at radius 1 is 1.05 bits per heavy atom. The van der Waals surface area contributed by atoms with Crippen LogP contribution < -0.4 is 15.5 Å². The Kier molecular flexibility index (Phi) is 6.67. The van der Waals surface area contributed by atoms with Gasteiger partial charge in [0.1, 0.15) is 10.4 Å². The van der Waals surface area contributed by atoms with Gasteiger partial charge in [0, 0.05) is 67.0 Å². The molecule has 1 aromatic carbocycles. The summed E-state index contributed by atoms with van der Waals surface area (Å²) in [7, 11) is 0. The van der Waals surface area contributed by atoms with Crippen molar-refractivity contribution in [3.63, 3.8) is 0 Å². The number of anilines is 3. The van der Waals surface area contributed by atoms with Crippen LogP contribution in [0.25, 0.3) is 10.6 Å². The van der Waals surface area contributed by atoms with Crippen molar-refractivity contribution in [2.45, 2.75) is 48.7 Å². The molecule has 0 atom stereocenters. The zero-order chi connectivity index (χ0) is 27.4. The molecule has 2 aliphatic carbocycles. The Labute approximate surface area is 238 Å². The van der Waals surface area contributed by atoms with Gasteiger partial charge in [-0.15, -0.1) is 23.1 Å². The Morgan fingerprint density at radius 3 is 2.58 bits per heavy atom. The molecule has 3 aromatic rings. The van der Waals surface area contributed by atoms with E-state index in [2.05, 4.69) is 37.6 Å². The van der Waals surface area contributed by atoms with Gasteiger partial charge in [-0.3, -0.25) is 4.79 Å². The van der Waals surface area contributed by atoms with Crippen molar-refractivity contribution in [1.82, 2.24) is 20.2 Å². The predicted molar refractivity (Wildman–Crippen MR) is 152 cm³/mol. The Hall–Kier alpha value is -2.83. The monoisotopic (exact) mass is 586 g/mol. The minimum atomic E-state index is -4.63. The number of nitrogens with one attached hydrogen (secondary N) is 2. The van der Waals surface area contributed by atoms with E-state index in [4.69, 9.17) is 0 Å². The highest BCUT2D eigenvalue weighted by Gasteiger charge is 2.39. The van der Waals surface area contributed by atoms with Gasteiger partial charge in [0.15, 0.2) is 0 Å². The summed E-state index contributed by atoms with van der Waals surface area (Å²) in [5.74, 6) is 1.17. The molecular weight excluding hydrogens is 557 g/mol. The van der Waals surface area contributed by atoms with Crippen LogP contribution in [-0.4, -0.2) is 65.3 Å². The van der Waals surface area contributed by atoms with Crippen molar-refractivity contribution >= 4 is 46.3 Å². The van der Waals surface area contributed by atoms with Crippen molar-refractivity contribution < 1.29 is 18.0 Å². The minimum Gasteiger partial charge on any atom is -0.369 e. The van der Waals surface area contributed by atoms with E-state index in [-0.39, 0.29) is 23.6 Å². The van der Waals surface area contributed by atoms with Crippen molar-refractivity contribution in [3.05, 3.63) is 46.5 Å². The minimum absolute atomic E-state index is 0.0848. The molecule has 4 aliphatic rings. The van der Waals surface area contributed by atoms with Gasteiger partial charge in [-0.25, -0.2) is 9.97 Å². The molecule has 2 aliphatic heterocycles. The lowest BCUT2D eigenvalue weighted by atomic mass is 10.1.